The van der Waals surface area contributed by atoms with Crippen LogP contribution in [0.3, 0.4) is 0 Å². The topological polar surface area (TPSA) is 55.8 Å². The third-order valence-corrected chi connectivity index (χ3v) is 5.82. The number of sulfonamides is 1. The summed E-state index contributed by atoms with van der Waals surface area (Å²) in [5.41, 5.74) is 0. The van der Waals surface area contributed by atoms with E-state index in [-0.39, 0.29) is 4.90 Å². The van der Waals surface area contributed by atoms with Gasteiger partial charge in [-0.1, -0.05) is 0 Å². The highest BCUT2D eigenvalue weighted by Gasteiger charge is 2.29. The maximum atomic E-state index is 12.6. The summed E-state index contributed by atoms with van der Waals surface area (Å²) < 4.78 is 37.0. The average Bonchev–Trinajstić information content (AvgIpc) is 2.47. The van der Waals surface area contributed by atoms with E-state index in [1.165, 1.54) is 24.6 Å². The molecule has 2 rings (SSSR count). The third-order valence-electron chi connectivity index (χ3n) is 2.96. The number of ether oxygens (including phenoxy) is 2. The molecule has 0 spiro atoms. The molecule has 0 amide bonds. The molecule has 0 aromatic heterocycles. The number of hydrogen-bond donors (Lipinski definition) is 0. The second kappa shape index (κ2) is 6.02. The van der Waals surface area contributed by atoms with Gasteiger partial charge in [0.2, 0.25) is 10.0 Å². The minimum atomic E-state index is -3.52. The van der Waals surface area contributed by atoms with Crippen molar-refractivity contribution in [1.29, 1.82) is 0 Å². The Hall–Kier alpha value is -0.920. The lowest BCUT2D eigenvalue weighted by molar-refractivity contribution is 0.386. The van der Waals surface area contributed by atoms with E-state index in [9.17, 15) is 8.42 Å². The van der Waals surface area contributed by atoms with Crippen LogP contribution in [-0.2, 0) is 10.0 Å². The summed E-state index contributed by atoms with van der Waals surface area (Å²) in [6.45, 7) is 1.07. The van der Waals surface area contributed by atoms with Crippen molar-refractivity contribution in [2.75, 3.05) is 38.8 Å². The van der Waals surface area contributed by atoms with Gasteiger partial charge < -0.3 is 9.47 Å². The Morgan fingerprint density at radius 3 is 2.42 bits per heavy atom. The second-order valence-electron chi connectivity index (χ2n) is 4.03. The lowest BCUT2D eigenvalue weighted by Crippen LogP contribution is -2.38. The Morgan fingerprint density at radius 1 is 1.16 bits per heavy atom. The Labute approximate surface area is 117 Å². The van der Waals surface area contributed by atoms with Crippen LogP contribution in [0.25, 0.3) is 0 Å². The van der Waals surface area contributed by atoms with Gasteiger partial charge in [0, 0.05) is 30.7 Å². The van der Waals surface area contributed by atoms with Crippen LogP contribution in [0.15, 0.2) is 23.1 Å². The molecule has 1 heterocycles. The molecule has 1 aliphatic heterocycles. The molecule has 1 fully saturated rings. The lowest BCUT2D eigenvalue weighted by atomic mass is 10.3. The van der Waals surface area contributed by atoms with Gasteiger partial charge >= 0.3 is 0 Å². The van der Waals surface area contributed by atoms with Crippen molar-refractivity contribution in [3.05, 3.63) is 18.2 Å². The first kappa shape index (κ1) is 14.5. The molecule has 0 radical (unpaired) electrons. The first-order valence-electron chi connectivity index (χ1n) is 5.89. The van der Waals surface area contributed by atoms with Gasteiger partial charge in [0.1, 0.15) is 16.4 Å². The van der Waals surface area contributed by atoms with Crippen molar-refractivity contribution in [2.24, 2.45) is 0 Å². The van der Waals surface area contributed by atoms with Gasteiger partial charge in [0.15, 0.2) is 0 Å². The van der Waals surface area contributed by atoms with Gasteiger partial charge in [0.25, 0.3) is 0 Å². The molecule has 1 aromatic carbocycles. The van der Waals surface area contributed by atoms with E-state index in [1.807, 2.05) is 0 Å². The van der Waals surface area contributed by atoms with Crippen molar-refractivity contribution in [3.8, 4) is 11.5 Å². The molecule has 0 saturated carbocycles. The highest BCUT2D eigenvalue weighted by Crippen LogP contribution is 2.31. The average molecular weight is 303 g/mol. The molecule has 0 unspecified atom stereocenters. The smallest absolute Gasteiger partial charge is 0.246 e. The number of methoxy groups -OCH3 is 2. The zero-order chi connectivity index (χ0) is 13.9. The highest BCUT2D eigenvalue weighted by molar-refractivity contribution is 7.99. The zero-order valence-corrected chi connectivity index (χ0v) is 12.6. The Kier molecular flexibility index (Phi) is 4.59. The first-order chi connectivity index (χ1) is 9.09. The molecule has 1 saturated heterocycles. The van der Waals surface area contributed by atoms with E-state index in [1.54, 1.807) is 23.9 Å². The lowest BCUT2D eigenvalue weighted by Gasteiger charge is -2.26. The SMILES string of the molecule is COc1ccc(OC)c(S(=O)(=O)N2CCSCC2)c1. The largest absolute Gasteiger partial charge is 0.497 e. The first-order valence-corrected chi connectivity index (χ1v) is 8.49. The van der Waals surface area contributed by atoms with Crippen molar-refractivity contribution in [1.82, 2.24) is 4.31 Å². The third kappa shape index (κ3) is 2.98. The molecule has 1 aliphatic rings. The summed E-state index contributed by atoms with van der Waals surface area (Å²) in [5, 5.41) is 0. The van der Waals surface area contributed by atoms with Crippen molar-refractivity contribution < 1.29 is 17.9 Å². The fraction of sp³-hybridized carbons (Fsp3) is 0.500. The van der Waals surface area contributed by atoms with Crippen LogP contribution < -0.4 is 9.47 Å². The number of benzene rings is 1. The molecule has 0 N–H and O–H groups in total. The molecule has 0 atom stereocenters. The Morgan fingerprint density at radius 2 is 1.84 bits per heavy atom. The number of nitrogens with zero attached hydrogens (tertiary/aromatic N) is 1. The van der Waals surface area contributed by atoms with Crippen LogP contribution in [0.1, 0.15) is 0 Å². The van der Waals surface area contributed by atoms with Crippen LogP contribution in [0, 0.1) is 0 Å². The van der Waals surface area contributed by atoms with Gasteiger partial charge in [-0.3, -0.25) is 0 Å². The summed E-state index contributed by atoms with van der Waals surface area (Å²) in [4.78, 5) is 0.168. The van der Waals surface area contributed by atoms with E-state index in [4.69, 9.17) is 9.47 Å². The van der Waals surface area contributed by atoms with Crippen molar-refractivity contribution in [2.45, 2.75) is 4.90 Å². The molecule has 7 heteroatoms. The molecule has 1 aromatic rings. The van der Waals surface area contributed by atoms with Crippen LogP contribution >= 0.6 is 11.8 Å². The predicted molar refractivity (Wildman–Crippen MR) is 75.6 cm³/mol. The molecular formula is C12H17NO4S2. The second-order valence-corrected chi connectivity index (χ2v) is 7.16. The van der Waals surface area contributed by atoms with E-state index >= 15 is 0 Å². The molecule has 0 aliphatic carbocycles. The summed E-state index contributed by atoms with van der Waals surface area (Å²) >= 11 is 1.77. The summed E-state index contributed by atoms with van der Waals surface area (Å²) in [6, 6.07) is 4.81. The summed E-state index contributed by atoms with van der Waals surface area (Å²) in [7, 11) is -0.548. The minimum Gasteiger partial charge on any atom is -0.497 e. The monoisotopic (exact) mass is 303 g/mol. The van der Waals surface area contributed by atoms with Crippen LogP contribution in [-0.4, -0.2) is 51.5 Å². The van der Waals surface area contributed by atoms with E-state index in [0.29, 0.717) is 24.6 Å². The normalized spacial score (nSPS) is 17.2. The number of rotatable bonds is 4. The Balaban J connectivity index is 2.43. The Bertz CT molecular complexity index is 539. The van der Waals surface area contributed by atoms with Crippen LogP contribution in [0.2, 0.25) is 0 Å². The van der Waals surface area contributed by atoms with E-state index < -0.39 is 10.0 Å². The van der Waals surface area contributed by atoms with Gasteiger partial charge in [-0.05, 0) is 12.1 Å². The summed E-state index contributed by atoms with van der Waals surface area (Å²) in [6.07, 6.45) is 0. The van der Waals surface area contributed by atoms with E-state index in [2.05, 4.69) is 0 Å². The minimum absolute atomic E-state index is 0.168. The number of hydrogen-bond acceptors (Lipinski definition) is 5. The van der Waals surface area contributed by atoms with Gasteiger partial charge in [0.05, 0.1) is 14.2 Å². The van der Waals surface area contributed by atoms with Gasteiger partial charge in [-0.25, -0.2) is 8.42 Å². The predicted octanol–water partition coefficient (Wildman–Crippen LogP) is 1.44. The summed E-state index contributed by atoms with van der Waals surface area (Å²) in [5.74, 6) is 2.50. The molecule has 19 heavy (non-hydrogen) atoms. The van der Waals surface area contributed by atoms with Crippen LogP contribution in [0.5, 0.6) is 11.5 Å². The molecular weight excluding hydrogens is 286 g/mol. The van der Waals surface area contributed by atoms with Crippen molar-refractivity contribution >= 4 is 21.8 Å². The van der Waals surface area contributed by atoms with Crippen molar-refractivity contribution in [3.63, 3.8) is 0 Å². The molecule has 5 nitrogen and oxygen atoms in total. The van der Waals surface area contributed by atoms with Crippen LogP contribution in [0.4, 0.5) is 0 Å². The maximum absolute atomic E-state index is 12.6. The molecule has 0 bridgehead atoms. The number of thioether (sulfide) groups is 1. The standard InChI is InChI=1S/C12H17NO4S2/c1-16-10-3-4-11(17-2)12(9-10)19(14,15)13-5-7-18-8-6-13/h3-4,9H,5-8H2,1-2H3. The molecule has 106 valence electrons. The zero-order valence-electron chi connectivity index (χ0n) is 11.0. The fourth-order valence-electron chi connectivity index (χ4n) is 1.91. The van der Waals surface area contributed by atoms with Gasteiger partial charge in [-0.2, -0.15) is 16.1 Å². The van der Waals surface area contributed by atoms with Gasteiger partial charge in [-0.15, -0.1) is 0 Å². The van der Waals surface area contributed by atoms with E-state index in [0.717, 1.165) is 11.5 Å². The maximum Gasteiger partial charge on any atom is 0.246 e. The quantitative estimate of drug-likeness (QED) is 0.842. The highest BCUT2D eigenvalue weighted by atomic mass is 32.2. The fourth-order valence-corrected chi connectivity index (χ4v) is 4.66.